The zero-order chi connectivity index (χ0) is 21.3. The highest BCUT2D eigenvalue weighted by Gasteiger charge is 2.35. The molecule has 30 heavy (non-hydrogen) atoms. The molecule has 6 heteroatoms. The van der Waals surface area contributed by atoms with Crippen LogP contribution in [0, 0.1) is 17.8 Å². The Kier molecular flexibility index (Phi) is 6.63. The van der Waals surface area contributed by atoms with Gasteiger partial charge >= 0.3 is 5.97 Å². The van der Waals surface area contributed by atoms with Crippen LogP contribution in [0.15, 0.2) is 12.1 Å². The van der Waals surface area contributed by atoms with Crippen LogP contribution in [0.1, 0.15) is 85.7 Å². The number of rotatable bonds is 6. The fraction of sp³-hybridized carbons (Fsp3) is 0.667. The molecular formula is C24H33NO4S. The zero-order valence-electron chi connectivity index (χ0n) is 17.8. The number of aromatic carboxylic acids is 1. The van der Waals surface area contributed by atoms with E-state index >= 15 is 0 Å². The van der Waals surface area contributed by atoms with E-state index in [0.717, 1.165) is 62.7 Å². The predicted octanol–water partition coefficient (Wildman–Crippen LogP) is 5.33. The van der Waals surface area contributed by atoms with Crippen LogP contribution < -0.4 is 4.90 Å². The van der Waals surface area contributed by atoms with Crippen molar-refractivity contribution in [3.8, 4) is 0 Å². The molecule has 0 spiro atoms. The lowest BCUT2D eigenvalue weighted by atomic mass is 9.82. The minimum absolute atomic E-state index is 0.0248. The number of aliphatic hydroxyl groups excluding tert-OH is 1. The fourth-order valence-electron chi connectivity index (χ4n) is 5.30. The normalized spacial score (nSPS) is 29.1. The van der Waals surface area contributed by atoms with Gasteiger partial charge in [0, 0.05) is 17.3 Å². The SMILES string of the molecule is CC1CCC(C(=O)N(CC2CCC(O)C2)c2cc(C3=CCCC3)sc2C(=O)O)CC1. The first-order chi connectivity index (χ1) is 14.4. The van der Waals surface area contributed by atoms with Crippen LogP contribution in [-0.4, -0.2) is 34.7 Å². The Balaban J connectivity index is 1.65. The molecular weight excluding hydrogens is 398 g/mol. The van der Waals surface area contributed by atoms with Crippen molar-refractivity contribution < 1.29 is 19.8 Å². The van der Waals surface area contributed by atoms with E-state index in [1.54, 1.807) is 4.90 Å². The number of carboxylic acids is 1. The second-order valence-electron chi connectivity index (χ2n) is 9.49. The summed E-state index contributed by atoms with van der Waals surface area (Å²) >= 11 is 1.31. The highest BCUT2D eigenvalue weighted by molar-refractivity contribution is 7.15. The Labute approximate surface area is 182 Å². The summed E-state index contributed by atoms with van der Waals surface area (Å²) in [5, 5.41) is 19.9. The van der Waals surface area contributed by atoms with Gasteiger partial charge < -0.3 is 15.1 Å². The molecule has 0 saturated heterocycles. The van der Waals surface area contributed by atoms with Crippen LogP contribution in [-0.2, 0) is 4.79 Å². The number of hydrogen-bond donors (Lipinski definition) is 2. The van der Waals surface area contributed by atoms with Gasteiger partial charge in [0.1, 0.15) is 4.88 Å². The summed E-state index contributed by atoms with van der Waals surface area (Å²) < 4.78 is 0. The van der Waals surface area contributed by atoms with Gasteiger partial charge in [-0.05, 0) is 87.7 Å². The lowest BCUT2D eigenvalue weighted by molar-refractivity contribution is -0.123. The number of amides is 1. The number of anilines is 1. The van der Waals surface area contributed by atoms with Gasteiger partial charge in [-0.1, -0.05) is 13.0 Å². The first-order valence-corrected chi connectivity index (χ1v) is 12.3. The number of carbonyl (C=O) groups is 2. The van der Waals surface area contributed by atoms with Gasteiger partial charge in [0.05, 0.1) is 11.8 Å². The smallest absolute Gasteiger partial charge is 0.348 e. The van der Waals surface area contributed by atoms with Crippen molar-refractivity contribution in [3.63, 3.8) is 0 Å². The maximum Gasteiger partial charge on any atom is 0.348 e. The summed E-state index contributed by atoms with van der Waals surface area (Å²) in [6.45, 7) is 2.75. The molecule has 1 aromatic heterocycles. The number of nitrogens with zero attached hydrogens (tertiary/aromatic N) is 1. The quantitative estimate of drug-likeness (QED) is 0.638. The topological polar surface area (TPSA) is 77.8 Å². The Hall–Kier alpha value is -1.66. The monoisotopic (exact) mass is 431 g/mol. The van der Waals surface area contributed by atoms with E-state index in [0.29, 0.717) is 24.6 Å². The number of carboxylic acid groups (broad SMARTS) is 1. The third-order valence-corrected chi connectivity index (χ3v) is 8.33. The van der Waals surface area contributed by atoms with Crippen LogP contribution in [0.2, 0.25) is 0 Å². The average Bonchev–Trinajstić information content (AvgIpc) is 3.46. The van der Waals surface area contributed by atoms with E-state index in [9.17, 15) is 19.8 Å². The molecule has 2 fully saturated rings. The zero-order valence-corrected chi connectivity index (χ0v) is 18.6. The molecule has 164 valence electrons. The van der Waals surface area contributed by atoms with Gasteiger partial charge in [-0.3, -0.25) is 4.79 Å². The molecule has 2 unspecified atom stereocenters. The largest absolute Gasteiger partial charge is 0.477 e. The van der Waals surface area contributed by atoms with E-state index in [2.05, 4.69) is 13.0 Å². The van der Waals surface area contributed by atoms with Crippen molar-refractivity contribution in [2.24, 2.45) is 17.8 Å². The van der Waals surface area contributed by atoms with Gasteiger partial charge in [-0.25, -0.2) is 4.79 Å². The van der Waals surface area contributed by atoms with Crippen molar-refractivity contribution in [2.45, 2.75) is 77.2 Å². The van der Waals surface area contributed by atoms with Crippen molar-refractivity contribution >= 4 is 34.5 Å². The van der Waals surface area contributed by atoms with Gasteiger partial charge in [0.25, 0.3) is 0 Å². The summed E-state index contributed by atoms with van der Waals surface area (Å²) in [4.78, 5) is 28.8. The van der Waals surface area contributed by atoms with Crippen molar-refractivity contribution in [1.82, 2.24) is 0 Å². The molecule has 3 aliphatic carbocycles. The molecule has 0 radical (unpaired) electrons. The van der Waals surface area contributed by atoms with Crippen molar-refractivity contribution in [1.29, 1.82) is 0 Å². The maximum atomic E-state index is 13.6. The molecule has 0 aromatic carbocycles. The van der Waals surface area contributed by atoms with Crippen LogP contribution in [0.25, 0.3) is 5.57 Å². The van der Waals surface area contributed by atoms with Crippen LogP contribution in [0.5, 0.6) is 0 Å². The van der Waals surface area contributed by atoms with Crippen LogP contribution in [0.3, 0.4) is 0 Å². The molecule has 0 bridgehead atoms. The minimum Gasteiger partial charge on any atom is -0.477 e. The first kappa shape index (κ1) is 21.6. The molecule has 1 heterocycles. The molecule has 1 aromatic rings. The Bertz CT molecular complexity index is 821. The molecule has 5 nitrogen and oxygen atoms in total. The third-order valence-electron chi connectivity index (χ3n) is 7.14. The van der Waals surface area contributed by atoms with Gasteiger partial charge in [-0.2, -0.15) is 0 Å². The molecule has 2 saturated carbocycles. The van der Waals surface area contributed by atoms with Gasteiger partial charge in [-0.15, -0.1) is 11.3 Å². The molecule has 4 rings (SSSR count). The van der Waals surface area contributed by atoms with E-state index in [1.165, 1.54) is 16.9 Å². The summed E-state index contributed by atoms with van der Waals surface area (Å²) in [7, 11) is 0. The van der Waals surface area contributed by atoms with Crippen LogP contribution >= 0.6 is 11.3 Å². The molecule has 2 atom stereocenters. The van der Waals surface area contributed by atoms with Crippen LogP contribution in [0.4, 0.5) is 5.69 Å². The predicted molar refractivity (Wildman–Crippen MR) is 120 cm³/mol. The lowest BCUT2D eigenvalue weighted by Gasteiger charge is -2.32. The number of allylic oxidation sites excluding steroid dienone is 2. The second-order valence-corrected chi connectivity index (χ2v) is 10.5. The molecule has 0 aliphatic heterocycles. The summed E-state index contributed by atoms with van der Waals surface area (Å²) in [6.07, 6.45) is 11.2. The Morgan fingerprint density at radius 3 is 2.53 bits per heavy atom. The van der Waals surface area contributed by atoms with Crippen molar-refractivity contribution in [2.75, 3.05) is 11.4 Å². The molecule has 2 N–H and O–H groups in total. The third kappa shape index (κ3) is 4.65. The lowest BCUT2D eigenvalue weighted by Crippen LogP contribution is -2.41. The summed E-state index contributed by atoms with van der Waals surface area (Å²) in [5.74, 6) is -0.0219. The highest BCUT2D eigenvalue weighted by atomic mass is 32.1. The molecule has 3 aliphatic rings. The average molecular weight is 432 g/mol. The number of thiophene rings is 1. The number of aliphatic hydroxyl groups is 1. The maximum absolute atomic E-state index is 13.6. The van der Waals surface area contributed by atoms with E-state index in [4.69, 9.17) is 0 Å². The summed E-state index contributed by atoms with van der Waals surface area (Å²) in [5.41, 5.74) is 1.78. The van der Waals surface area contributed by atoms with E-state index in [1.807, 2.05) is 6.07 Å². The number of hydrogen-bond acceptors (Lipinski definition) is 4. The number of carbonyl (C=O) groups excluding carboxylic acids is 1. The van der Waals surface area contributed by atoms with Crippen molar-refractivity contribution in [3.05, 3.63) is 21.9 Å². The minimum atomic E-state index is -0.957. The highest BCUT2D eigenvalue weighted by Crippen LogP contribution is 2.41. The Morgan fingerprint density at radius 2 is 1.93 bits per heavy atom. The van der Waals surface area contributed by atoms with E-state index < -0.39 is 5.97 Å². The first-order valence-electron chi connectivity index (χ1n) is 11.5. The second kappa shape index (κ2) is 9.23. The fourth-order valence-corrected chi connectivity index (χ4v) is 6.36. The van der Waals surface area contributed by atoms with Gasteiger partial charge in [0.2, 0.25) is 5.91 Å². The van der Waals surface area contributed by atoms with E-state index in [-0.39, 0.29) is 28.7 Å². The summed E-state index contributed by atoms with van der Waals surface area (Å²) in [6, 6.07) is 1.94. The van der Waals surface area contributed by atoms with Gasteiger partial charge in [0.15, 0.2) is 0 Å². The standard InChI is InChI=1S/C24H33NO4S/c1-15-6-9-18(10-7-15)23(27)25(14-16-8-11-19(26)12-16)20-13-21(17-4-2-3-5-17)30-22(20)24(28)29/h4,13,15-16,18-19,26H,2-3,5-12,14H2,1H3,(H,28,29). The Morgan fingerprint density at radius 1 is 1.17 bits per heavy atom. The molecule has 1 amide bonds.